The fourth-order valence-electron chi connectivity index (χ4n) is 2.56. The minimum absolute atomic E-state index is 0.0702. The fourth-order valence-corrected chi connectivity index (χ4v) is 2.56. The molecule has 1 aromatic carbocycles. The Bertz CT molecular complexity index is 437. The van der Waals surface area contributed by atoms with Gasteiger partial charge in [0.25, 0.3) is 5.91 Å². The first-order valence-corrected chi connectivity index (χ1v) is 6.89. The molecule has 4 heteroatoms. The van der Waals surface area contributed by atoms with Gasteiger partial charge in [0.1, 0.15) is 5.75 Å². The molecule has 19 heavy (non-hydrogen) atoms. The summed E-state index contributed by atoms with van der Waals surface area (Å²) in [6.07, 6.45) is 5.82. The third-order valence-electron chi connectivity index (χ3n) is 3.72. The number of hydrogen-bond donors (Lipinski definition) is 3. The molecule has 0 aromatic heterocycles. The van der Waals surface area contributed by atoms with Gasteiger partial charge in [-0.1, -0.05) is 31.7 Å². The minimum Gasteiger partial charge on any atom is -0.508 e. The summed E-state index contributed by atoms with van der Waals surface area (Å²) in [5, 5.41) is 22.5. The molecule has 1 aliphatic rings. The van der Waals surface area contributed by atoms with Crippen LogP contribution in [0, 0.1) is 0 Å². The lowest BCUT2D eigenvalue weighted by molar-refractivity contribution is 0.0246. The van der Waals surface area contributed by atoms with Crippen LogP contribution in [0.25, 0.3) is 0 Å². The van der Waals surface area contributed by atoms with Gasteiger partial charge in [0.2, 0.25) is 0 Å². The second kappa shape index (κ2) is 6.06. The van der Waals surface area contributed by atoms with Gasteiger partial charge in [0, 0.05) is 12.1 Å². The predicted molar refractivity (Wildman–Crippen MR) is 73.1 cm³/mol. The summed E-state index contributed by atoms with van der Waals surface area (Å²) in [5.74, 6) is -0.186. The summed E-state index contributed by atoms with van der Waals surface area (Å²) < 4.78 is 0. The average Bonchev–Trinajstić information content (AvgIpc) is 2.61. The lowest BCUT2D eigenvalue weighted by atomic mass is 9.94. The predicted octanol–water partition coefficient (Wildman–Crippen LogP) is 2.21. The Balaban J connectivity index is 1.92. The van der Waals surface area contributed by atoms with E-state index in [0.29, 0.717) is 5.56 Å². The van der Waals surface area contributed by atoms with Gasteiger partial charge >= 0.3 is 0 Å². The molecule has 0 bridgehead atoms. The summed E-state index contributed by atoms with van der Waals surface area (Å²) in [7, 11) is 0. The second-order valence-corrected chi connectivity index (χ2v) is 5.37. The molecule has 0 spiro atoms. The van der Waals surface area contributed by atoms with Crippen LogP contribution in [-0.2, 0) is 0 Å². The van der Waals surface area contributed by atoms with Crippen molar-refractivity contribution in [2.45, 2.75) is 44.1 Å². The standard InChI is InChI=1S/C15H21NO3/c17-13-7-5-6-12(10-13)14(18)16-11-15(19)8-3-1-2-4-9-15/h5-7,10,17,19H,1-4,8-9,11H2,(H,16,18). The summed E-state index contributed by atoms with van der Waals surface area (Å²) in [4.78, 5) is 11.9. The molecule has 0 unspecified atom stereocenters. The quantitative estimate of drug-likeness (QED) is 0.732. The van der Waals surface area contributed by atoms with Crippen molar-refractivity contribution < 1.29 is 15.0 Å². The van der Waals surface area contributed by atoms with Gasteiger partial charge in [0.15, 0.2) is 0 Å². The summed E-state index contributed by atoms with van der Waals surface area (Å²) in [6.45, 7) is 0.279. The lowest BCUT2D eigenvalue weighted by Crippen LogP contribution is -2.42. The highest BCUT2D eigenvalue weighted by atomic mass is 16.3. The van der Waals surface area contributed by atoms with Crippen LogP contribution in [0.1, 0.15) is 48.9 Å². The zero-order valence-corrected chi connectivity index (χ0v) is 11.1. The number of carbonyl (C=O) groups is 1. The Kier molecular flexibility index (Phi) is 4.43. The van der Waals surface area contributed by atoms with Crippen LogP contribution in [0.15, 0.2) is 24.3 Å². The highest BCUT2D eigenvalue weighted by Crippen LogP contribution is 2.26. The zero-order chi connectivity index (χ0) is 13.7. The van der Waals surface area contributed by atoms with Crippen LogP contribution >= 0.6 is 0 Å². The number of phenolic OH excluding ortho intramolecular Hbond substituents is 1. The number of nitrogens with one attached hydrogen (secondary N) is 1. The Labute approximate surface area is 113 Å². The van der Waals surface area contributed by atoms with Crippen molar-refractivity contribution in [3.63, 3.8) is 0 Å². The van der Waals surface area contributed by atoms with Crippen molar-refractivity contribution in [1.29, 1.82) is 0 Å². The number of rotatable bonds is 3. The number of phenols is 1. The Hall–Kier alpha value is -1.55. The number of hydrogen-bond acceptors (Lipinski definition) is 3. The number of benzene rings is 1. The molecular formula is C15H21NO3. The molecular weight excluding hydrogens is 242 g/mol. The van der Waals surface area contributed by atoms with E-state index in [1.54, 1.807) is 12.1 Å². The molecule has 1 saturated carbocycles. The van der Waals surface area contributed by atoms with Crippen LogP contribution in [0.2, 0.25) is 0 Å². The van der Waals surface area contributed by atoms with Gasteiger partial charge in [-0.25, -0.2) is 0 Å². The largest absolute Gasteiger partial charge is 0.508 e. The number of aliphatic hydroxyl groups is 1. The monoisotopic (exact) mass is 263 g/mol. The maximum Gasteiger partial charge on any atom is 0.251 e. The first-order valence-electron chi connectivity index (χ1n) is 6.89. The molecule has 4 nitrogen and oxygen atoms in total. The zero-order valence-electron chi connectivity index (χ0n) is 11.1. The Morgan fingerprint density at radius 3 is 2.53 bits per heavy atom. The first-order chi connectivity index (χ1) is 9.09. The Morgan fingerprint density at radius 2 is 1.89 bits per heavy atom. The smallest absolute Gasteiger partial charge is 0.251 e. The molecule has 0 atom stereocenters. The van der Waals surface area contributed by atoms with Gasteiger partial charge < -0.3 is 15.5 Å². The van der Waals surface area contributed by atoms with E-state index in [9.17, 15) is 15.0 Å². The van der Waals surface area contributed by atoms with Crippen LogP contribution < -0.4 is 5.32 Å². The minimum atomic E-state index is -0.775. The van der Waals surface area contributed by atoms with E-state index in [4.69, 9.17) is 0 Å². The molecule has 2 rings (SSSR count). The lowest BCUT2D eigenvalue weighted by Gasteiger charge is -2.26. The summed E-state index contributed by atoms with van der Waals surface area (Å²) >= 11 is 0. The van der Waals surface area contributed by atoms with Crippen LogP contribution in [0.5, 0.6) is 5.75 Å². The highest BCUT2D eigenvalue weighted by molar-refractivity contribution is 5.94. The van der Waals surface area contributed by atoms with Crippen LogP contribution in [0.3, 0.4) is 0 Å². The van der Waals surface area contributed by atoms with Crippen molar-refractivity contribution in [1.82, 2.24) is 5.32 Å². The third-order valence-corrected chi connectivity index (χ3v) is 3.72. The molecule has 1 aliphatic carbocycles. The van der Waals surface area contributed by atoms with E-state index in [-0.39, 0.29) is 18.2 Å². The molecule has 0 heterocycles. The highest BCUT2D eigenvalue weighted by Gasteiger charge is 2.28. The molecule has 3 N–H and O–H groups in total. The first kappa shape index (κ1) is 13.9. The van der Waals surface area contributed by atoms with E-state index < -0.39 is 5.60 Å². The Morgan fingerprint density at radius 1 is 1.21 bits per heavy atom. The van der Waals surface area contributed by atoms with Crippen molar-refractivity contribution in [2.75, 3.05) is 6.54 Å². The van der Waals surface area contributed by atoms with E-state index in [1.807, 2.05) is 0 Å². The fraction of sp³-hybridized carbons (Fsp3) is 0.533. The number of carbonyl (C=O) groups excluding carboxylic acids is 1. The average molecular weight is 263 g/mol. The third kappa shape index (κ3) is 3.96. The summed E-state index contributed by atoms with van der Waals surface area (Å²) in [6, 6.07) is 6.22. The van der Waals surface area contributed by atoms with Gasteiger partial charge in [0.05, 0.1) is 5.60 Å². The van der Waals surface area contributed by atoms with E-state index in [0.717, 1.165) is 38.5 Å². The van der Waals surface area contributed by atoms with Crippen LogP contribution in [-0.4, -0.2) is 28.3 Å². The van der Waals surface area contributed by atoms with Crippen molar-refractivity contribution in [3.8, 4) is 5.75 Å². The topological polar surface area (TPSA) is 69.6 Å². The molecule has 1 aromatic rings. The van der Waals surface area contributed by atoms with E-state index in [2.05, 4.69) is 5.32 Å². The summed E-state index contributed by atoms with van der Waals surface area (Å²) in [5.41, 5.74) is -0.361. The maximum absolute atomic E-state index is 11.9. The van der Waals surface area contributed by atoms with Crippen molar-refractivity contribution in [2.24, 2.45) is 0 Å². The maximum atomic E-state index is 11.9. The van der Waals surface area contributed by atoms with Gasteiger partial charge in [-0.15, -0.1) is 0 Å². The molecule has 104 valence electrons. The van der Waals surface area contributed by atoms with Crippen molar-refractivity contribution in [3.05, 3.63) is 29.8 Å². The molecule has 0 aliphatic heterocycles. The SMILES string of the molecule is O=C(NCC1(O)CCCCCC1)c1cccc(O)c1. The van der Waals surface area contributed by atoms with E-state index >= 15 is 0 Å². The van der Waals surface area contributed by atoms with Gasteiger partial charge in [-0.05, 0) is 31.0 Å². The van der Waals surface area contributed by atoms with E-state index in [1.165, 1.54) is 12.1 Å². The molecule has 1 fully saturated rings. The normalized spacial score (nSPS) is 18.6. The molecule has 0 radical (unpaired) electrons. The molecule has 1 amide bonds. The van der Waals surface area contributed by atoms with Gasteiger partial charge in [-0.3, -0.25) is 4.79 Å². The van der Waals surface area contributed by atoms with Crippen LogP contribution in [0.4, 0.5) is 0 Å². The number of amides is 1. The van der Waals surface area contributed by atoms with Crippen molar-refractivity contribution >= 4 is 5.91 Å². The molecule has 0 saturated heterocycles. The number of aromatic hydroxyl groups is 1. The second-order valence-electron chi connectivity index (χ2n) is 5.37. The van der Waals surface area contributed by atoms with Gasteiger partial charge in [-0.2, -0.15) is 0 Å².